The Bertz CT molecular complexity index is 283. The lowest BCUT2D eigenvalue weighted by atomic mass is 10.1. The Morgan fingerprint density at radius 2 is 1.86 bits per heavy atom. The van der Waals surface area contributed by atoms with Crippen molar-refractivity contribution in [3.63, 3.8) is 0 Å². The molecule has 80 valence electrons. The van der Waals surface area contributed by atoms with Gasteiger partial charge in [-0.05, 0) is 31.9 Å². The molecule has 0 aromatic carbocycles. The maximum atomic E-state index is 5.89. The molecule has 14 heavy (non-hydrogen) atoms. The van der Waals surface area contributed by atoms with E-state index in [1.54, 1.807) is 11.3 Å². The van der Waals surface area contributed by atoms with Crippen LogP contribution in [0.4, 0.5) is 0 Å². The molecule has 0 radical (unpaired) electrons. The van der Waals surface area contributed by atoms with Gasteiger partial charge in [0.2, 0.25) is 0 Å². The molecule has 0 bridgehead atoms. The highest BCUT2D eigenvalue weighted by Gasteiger charge is 2.13. The Hall–Kier alpha value is -0.0500. The zero-order valence-electron chi connectivity index (χ0n) is 9.17. The normalized spacial score (nSPS) is 15.9. The predicted octanol–water partition coefficient (Wildman–Crippen LogP) is 4.10. The largest absolute Gasteiger partial charge is 0.307 e. The van der Waals surface area contributed by atoms with Gasteiger partial charge in [-0.3, -0.25) is 0 Å². The van der Waals surface area contributed by atoms with Gasteiger partial charge < -0.3 is 5.32 Å². The van der Waals surface area contributed by atoms with E-state index >= 15 is 0 Å². The van der Waals surface area contributed by atoms with Gasteiger partial charge >= 0.3 is 0 Å². The number of thiophene rings is 1. The number of hydrogen-bond donors (Lipinski definition) is 1. The predicted molar refractivity (Wildman–Crippen MR) is 65.2 cm³/mol. The molecule has 1 N–H and O–H groups in total. The van der Waals surface area contributed by atoms with Gasteiger partial charge in [0, 0.05) is 17.0 Å². The topological polar surface area (TPSA) is 12.0 Å². The Balaban J connectivity index is 2.54. The first-order valence-corrected chi connectivity index (χ1v) is 6.21. The van der Waals surface area contributed by atoms with Gasteiger partial charge in [0.25, 0.3) is 0 Å². The van der Waals surface area contributed by atoms with Crippen LogP contribution in [0.15, 0.2) is 12.1 Å². The van der Waals surface area contributed by atoms with E-state index in [9.17, 15) is 0 Å². The zero-order chi connectivity index (χ0) is 10.7. The van der Waals surface area contributed by atoms with Crippen LogP contribution in [0.25, 0.3) is 0 Å². The third kappa shape index (κ3) is 3.26. The van der Waals surface area contributed by atoms with Gasteiger partial charge in [-0.2, -0.15) is 0 Å². The van der Waals surface area contributed by atoms with Crippen LogP contribution in [-0.4, -0.2) is 6.04 Å². The minimum atomic E-state index is 0.393. The molecule has 1 heterocycles. The van der Waals surface area contributed by atoms with Crippen molar-refractivity contribution < 1.29 is 0 Å². The lowest BCUT2D eigenvalue weighted by molar-refractivity contribution is 0.391. The van der Waals surface area contributed by atoms with Crippen molar-refractivity contribution in [2.24, 2.45) is 5.92 Å². The molecule has 1 aromatic heterocycles. The van der Waals surface area contributed by atoms with Crippen LogP contribution in [0.3, 0.4) is 0 Å². The van der Waals surface area contributed by atoms with Crippen molar-refractivity contribution in [2.45, 2.75) is 39.8 Å². The molecule has 0 fully saturated rings. The molecule has 0 unspecified atom stereocenters. The fourth-order valence-electron chi connectivity index (χ4n) is 1.23. The van der Waals surface area contributed by atoms with E-state index in [4.69, 9.17) is 11.6 Å². The molecule has 0 aliphatic rings. The summed E-state index contributed by atoms with van der Waals surface area (Å²) in [5, 5.41) is 3.56. The minimum Gasteiger partial charge on any atom is -0.307 e. The molecule has 0 aliphatic heterocycles. The van der Waals surface area contributed by atoms with E-state index in [0.29, 0.717) is 18.0 Å². The van der Waals surface area contributed by atoms with Crippen molar-refractivity contribution in [1.82, 2.24) is 5.32 Å². The van der Waals surface area contributed by atoms with E-state index in [1.165, 1.54) is 4.88 Å². The van der Waals surface area contributed by atoms with Crippen LogP contribution >= 0.6 is 22.9 Å². The first kappa shape index (κ1) is 12.0. The fraction of sp³-hybridized carbons (Fsp3) is 0.636. The SMILES string of the molecule is CC(C)[C@H](C)N[C@H](C)c1ccc(Cl)s1. The molecule has 0 saturated heterocycles. The van der Waals surface area contributed by atoms with Crippen LogP contribution in [0.2, 0.25) is 4.34 Å². The Labute approximate surface area is 95.5 Å². The monoisotopic (exact) mass is 231 g/mol. The molecule has 3 heteroatoms. The third-order valence-electron chi connectivity index (χ3n) is 2.53. The fourth-order valence-corrected chi connectivity index (χ4v) is 2.30. The average molecular weight is 232 g/mol. The highest BCUT2D eigenvalue weighted by molar-refractivity contribution is 7.16. The van der Waals surface area contributed by atoms with Gasteiger partial charge in [-0.15, -0.1) is 11.3 Å². The van der Waals surface area contributed by atoms with Crippen LogP contribution in [0.5, 0.6) is 0 Å². The summed E-state index contributed by atoms with van der Waals surface area (Å²) >= 11 is 7.55. The Morgan fingerprint density at radius 3 is 2.29 bits per heavy atom. The second kappa shape index (κ2) is 5.15. The number of rotatable bonds is 4. The standard InChI is InChI=1S/C11H18ClNS/c1-7(2)8(3)13-9(4)10-5-6-11(12)14-10/h5-9,13H,1-4H3/t8-,9+/m0/s1. The van der Waals surface area contributed by atoms with Crippen molar-refractivity contribution in [3.05, 3.63) is 21.3 Å². The molecule has 1 rings (SSSR count). The van der Waals surface area contributed by atoms with Crippen LogP contribution in [-0.2, 0) is 0 Å². The molecule has 0 aliphatic carbocycles. The zero-order valence-corrected chi connectivity index (χ0v) is 10.7. The van der Waals surface area contributed by atoms with E-state index in [2.05, 4.69) is 39.1 Å². The quantitative estimate of drug-likeness (QED) is 0.823. The van der Waals surface area contributed by atoms with Crippen molar-refractivity contribution >= 4 is 22.9 Å². The third-order valence-corrected chi connectivity index (χ3v) is 3.95. The summed E-state index contributed by atoms with van der Waals surface area (Å²) in [6, 6.07) is 4.98. The van der Waals surface area contributed by atoms with Gasteiger partial charge in [-0.25, -0.2) is 0 Å². The molecular weight excluding hydrogens is 214 g/mol. The highest BCUT2D eigenvalue weighted by Crippen LogP contribution is 2.27. The summed E-state index contributed by atoms with van der Waals surface area (Å²) in [6.45, 7) is 8.86. The van der Waals surface area contributed by atoms with E-state index < -0.39 is 0 Å². The maximum absolute atomic E-state index is 5.89. The molecular formula is C11H18ClNS. The second-order valence-electron chi connectivity index (χ2n) is 4.06. The van der Waals surface area contributed by atoms with Gasteiger partial charge in [0.15, 0.2) is 0 Å². The lowest BCUT2D eigenvalue weighted by Crippen LogP contribution is -2.32. The molecule has 1 aromatic rings. The smallest absolute Gasteiger partial charge is 0.0931 e. The van der Waals surface area contributed by atoms with Crippen molar-refractivity contribution in [3.8, 4) is 0 Å². The summed E-state index contributed by atoms with van der Waals surface area (Å²) < 4.78 is 0.867. The number of hydrogen-bond acceptors (Lipinski definition) is 2. The minimum absolute atomic E-state index is 0.393. The van der Waals surface area contributed by atoms with Gasteiger partial charge in [0.05, 0.1) is 4.34 Å². The van der Waals surface area contributed by atoms with Crippen LogP contribution in [0.1, 0.15) is 38.6 Å². The van der Waals surface area contributed by atoms with Gasteiger partial charge in [-0.1, -0.05) is 25.4 Å². The molecule has 2 atom stereocenters. The molecule has 0 amide bonds. The molecule has 0 spiro atoms. The van der Waals surface area contributed by atoms with Gasteiger partial charge in [0.1, 0.15) is 0 Å². The van der Waals surface area contributed by atoms with Crippen molar-refractivity contribution in [1.29, 1.82) is 0 Å². The first-order chi connectivity index (χ1) is 6.50. The number of nitrogens with one attached hydrogen (secondary N) is 1. The second-order valence-corrected chi connectivity index (χ2v) is 5.81. The highest BCUT2D eigenvalue weighted by atomic mass is 35.5. The van der Waals surface area contributed by atoms with E-state index in [0.717, 1.165) is 4.34 Å². The molecule has 1 nitrogen and oxygen atoms in total. The first-order valence-electron chi connectivity index (χ1n) is 5.02. The van der Waals surface area contributed by atoms with Crippen LogP contribution in [0, 0.1) is 5.92 Å². The maximum Gasteiger partial charge on any atom is 0.0931 e. The van der Waals surface area contributed by atoms with Crippen molar-refractivity contribution in [2.75, 3.05) is 0 Å². The van der Waals surface area contributed by atoms with E-state index in [-0.39, 0.29) is 0 Å². The number of halogens is 1. The average Bonchev–Trinajstić information content (AvgIpc) is 2.51. The summed E-state index contributed by atoms with van der Waals surface area (Å²) in [5.41, 5.74) is 0. The Morgan fingerprint density at radius 1 is 1.21 bits per heavy atom. The summed E-state index contributed by atoms with van der Waals surface area (Å²) in [6.07, 6.45) is 0. The van der Waals surface area contributed by atoms with Crippen LogP contribution < -0.4 is 5.32 Å². The Kier molecular flexibility index (Phi) is 4.42. The summed E-state index contributed by atoms with van der Waals surface area (Å²) in [7, 11) is 0. The lowest BCUT2D eigenvalue weighted by Gasteiger charge is -2.22. The molecule has 0 saturated carbocycles. The van der Waals surface area contributed by atoms with E-state index in [1.807, 2.05) is 6.07 Å². The summed E-state index contributed by atoms with van der Waals surface area (Å²) in [4.78, 5) is 1.31. The summed E-state index contributed by atoms with van der Waals surface area (Å²) in [5.74, 6) is 0.660.